The van der Waals surface area contributed by atoms with Crippen LogP contribution < -0.4 is 5.32 Å². The highest BCUT2D eigenvalue weighted by molar-refractivity contribution is 5.13. The van der Waals surface area contributed by atoms with E-state index in [0.717, 1.165) is 38.1 Å². The average molecular weight is 197 g/mol. The molecule has 0 aromatic rings. The summed E-state index contributed by atoms with van der Waals surface area (Å²) in [6.45, 7) is 7.83. The Kier molecular flexibility index (Phi) is 2.32. The summed E-state index contributed by atoms with van der Waals surface area (Å²) in [7, 11) is 0. The molecule has 0 spiro atoms. The van der Waals surface area contributed by atoms with E-state index in [1.54, 1.807) is 0 Å². The maximum atomic E-state index is 9.18. The van der Waals surface area contributed by atoms with Gasteiger partial charge in [0.25, 0.3) is 0 Å². The van der Waals surface area contributed by atoms with E-state index < -0.39 is 0 Å². The molecule has 2 heterocycles. The van der Waals surface area contributed by atoms with Crippen LogP contribution >= 0.6 is 0 Å². The van der Waals surface area contributed by atoms with Gasteiger partial charge in [0.1, 0.15) is 0 Å². The molecule has 3 fully saturated rings. The second-order valence-electron chi connectivity index (χ2n) is 4.79. The molecule has 0 aromatic heterocycles. The van der Waals surface area contributed by atoms with Crippen molar-refractivity contribution in [1.82, 2.24) is 5.32 Å². The highest BCUT2D eigenvalue weighted by Gasteiger charge is 2.61. The smallest absolute Gasteiger partial charge is 0.0868 e. The first-order valence-corrected chi connectivity index (χ1v) is 5.30. The summed E-state index contributed by atoms with van der Waals surface area (Å²) in [5.41, 5.74) is 1.16. The molecule has 0 amide bonds. The van der Waals surface area contributed by atoms with Crippen molar-refractivity contribution < 1.29 is 9.84 Å². The Morgan fingerprint density at radius 1 is 1.57 bits per heavy atom. The van der Waals surface area contributed by atoms with Crippen LogP contribution in [0.5, 0.6) is 0 Å². The van der Waals surface area contributed by atoms with Crippen molar-refractivity contribution in [2.24, 2.45) is 5.41 Å². The summed E-state index contributed by atoms with van der Waals surface area (Å²) in [5, 5.41) is 12.5. The van der Waals surface area contributed by atoms with Crippen LogP contribution in [0.4, 0.5) is 0 Å². The Labute approximate surface area is 85.1 Å². The normalized spacial score (nSPS) is 39.3. The molecule has 0 radical (unpaired) electrons. The van der Waals surface area contributed by atoms with Gasteiger partial charge in [0.15, 0.2) is 0 Å². The van der Waals surface area contributed by atoms with Crippen LogP contribution in [0.2, 0.25) is 0 Å². The largest absolute Gasteiger partial charge is 0.396 e. The predicted octanol–water partition coefficient (Wildman–Crippen LogP) is 1.04. The van der Waals surface area contributed by atoms with Gasteiger partial charge in [0.05, 0.1) is 18.8 Å². The summed E-state index contributed by atoms with van der Waals surface area (Å²) < 4.78 is 5.74. The van der Waals surface area contributed by atoms with Crippen molar-refractivity contribution in [2.45, 2.75) is 31.8 Å². The third-order valence-electron chi connectivity index (χ3n) is 3.50. The Hall–Kier alpha value is -0.540. The van der Waals surface area contributed by atoms with Crippen molar-refractivity contribution >= 4 is 0 Å². The first-order valence-electron chi connectivity index (χ1n) is 5.30. The molecule has 1 aliphatic carbocycles. The average Bonchev–Trinajstić information content (AvgIpc) is 2.69. The molecular formula is C11H19NO2. The molecule has 2 N–H and O–H groups in total. The number of aliphatic hydroxyl groups is 1. The SMILES string of the molecule is C=C(CC)NCC12CC(CO)(CO1)C2. The van der Waals surface area contributed by atoms with E-state index in [2.05, 4.69) is 18.8 Å². The lowest BCUT2D eigenvalue weighted by Gasteiger charge is -2.43. The number of aliphatic hydroxyl groups excluding tert-OH is 1. The molecule has 0 unspecified atom stereocenters. The maximum Gasteiger partial charge on any atom is 0.0868 e. The molecule has 1 saturated carbocycles. The van der Waals surface area contributed by atoms with Gasteiger partial charge >= 0.3 is 0 Å². The monoisotopic (exact) mass is 197 g/mol. The number of allylic oxidation sites excluding steroid dienone is 1. The summed E-state index contributed by atoms with van der Waals surface area (Å²) in [6.07, 6.45) is 2.96. The highest BCUT2D eigenvalue weighted by atomic mass is 16.5. The molecule has 2 bridgehead atoms. The molecule has 3 nitrogen and oxygen atoms in total. The third-order valence-corrected chi connectivity index (χ3v) is 3.50. The Bertz CT molecular complexity index is 244. The lowest BCUT2D eigenvalue weighted by Crippen LogP contribution is -2.51. The molecule has 0 aromatic carbocycles. The lowest BCUT2D eigenvalue weighted by atomic mass is 9.63. The van der Waals surface area contributed by atoms with Gasteiger partial charge in [-0.2, -0.15) is 0 Å². The van der Waals surface area contributed by atoms with Gasteiger partial charge in [-0.25, -0.2) is 0 Å². The summed E-state index contributed by atoms with van der Waals surface area (Å²) >= 11 is 0. The van der Waals surface area contributed by atoms with Crippen LogP contribution in [0.15, 0.2) is 12.3 Å². The number of fused-ring (bicyclic) bond motifs is 1. The zero-order valence-corrected chi connectivity index (χ0v) is 8.81. The van der Waals surface area contributed by atoms with Crippen molar-refractivity contribution in [3.63, 3.8) is 0 Å². The number of hydrogen-bond donors (Lipinski definition) is 2. The van der Waals surface area contributed by atoms with Crippen LogP contribution in [0, 0.1) is 5.41 Å². The second kappa shape index (κ2) is 3.24. The fourth-order valence-corrected chi connectivity index (χ4v) is 2.57. The number of ether oxygens (including phenoxy) is 1. The van der Waals surface area contributed by atoms with Gasteiger partial charge in [-0.05, 0) is 19.3 Å². The van der Waals surface area contributed by atoms with Crippen LogP contribution in [-0.4, -0.2) is 30.5 Å². The van der Waals surface area contributed by atoms with Gasteiger partial charge < -0.3 is 15.2 Å². The molecule has 3 aliphatic rings. The van der Waals surface area contributed by atoms with Gasteiger partial charge in [-0.1, -0.05) is 13.5 Å². The molecule has 3 heteroatoms. The van der Waals surface area contributed by atoms with Crippen molar-refractivity contribution in [3.8, 4) is 0 Å². The molecule has 0 atom stereocenters. The van der Waals surface area contributed by atoms with E-state index >= 15 is 0 Å². The minimum Gasteiger partial charge on any atom is -0.396 e. The van der Waals surface area contributed by atoms with Crippen molar-refractivity contribution in [3.05, 3.63) is 12.3 Å². The lowest BCUT2D eigenvalue weighted by molar-refractivity contribution is -0.0251. The van der Waals surface area contributed by atoms with Crippen molar-refractivity contribution in [2.75, 3.05) is 19.8 Å². The first kappa shape index (κ1) is 9.99. The van der Waals surface area contributed by atoms with E-state index in [1.165, 1.54) is 0 Å². The minimum atomic E-state index is 0.000833. The number of hydrogen-bond acceptors (Lipinski definition) is 3. The Morgan fingerprint density at radius 2 is 2.29 bits per heavy atom. The van der Waals surface area contributed by atoms with Crippen LogP contribution in [0.25, 0.3) is 0 Å². The van der Waals surface area contributed by atoms with Crippen LogP contribution in [0.1, 0.15) is 26.2 Å². The standard InChI is InChI=1S/C11H19NO2/c1-3-9(2)12-6-11-4-10(5-11,7-13)8-14-11/h12-13H,2-8H2,1H3. The second-order valence-corrected chi connectivity index (χ2v) is 4.79. The van der Waals surface area contributed by atoms with Gasteiger partial charge in [-0.3, -0.25) is 0 Å². The fraction of sp³-hybridized carbons (Fsp3) is 0.818. The highest BCUT2D eigenvalue weighted by Crippen LogP contribution is 2.57. The molecule has 2 aliphatic heterocycles. The fourth-order valence-electron chi connectivity index (χ4n) is 2.57. The predicted molar refractivity (Wildman–Crippen MR) is 54.9 cm³/mol. The van der Waals surface area contributed by atoms with E-state index in [9.17, 15) is 5.11 Å². The first-order chi connectivity index (χ1) is 6.64. The molecule has 3 rings (SSSR count). The number of nitrogens with one attached hydrogen (secondary N) is 1. The summed E-state index contributed by atoms with van der Waals surface area (Å²) in [4.78, 5) is 0. The zero-order valence-electron chi connectivity index (χ0n) is 8.81. The number of rotatable bonds is 5. The van der Waals surface area contributed by atoms with Gasteiger partial charge in [0, 0.05) is 17.7 Å². The summed E-state index contributed by atoms with van der Waals surface area (Å²) in [6, 6.07) is 0. The molecule has 2 saturated heterocycles. The van der Waals surface area contributed by atoms with E-state index in [4.69, 9.17) is 4.74 Å². The van der Waals surface area contributed by atoms with E-state index in [0.29, 0.717) is 0 Å². The van der Waals surface area contributed by atoms with Crippen molar-refractivity contribution in [1.29, 1.82) is 0 Å². The van der Waals surface area contributed by atoms with Crippen LogP contribution in [0.3, 0.4) is 0 Å². The van der Waals surface area contributed by atoms with Gasteiger partial charge in [0.2, 0.25) is 0 Å². The van der Waals surface area contributed by atoms with E-state index in [-0.39, 0.29) is 17.6 Å². The molecule has 14 heavy (non-hydrogen) atoms. The quantitative estimate of drug-likeness (QED) is 0.692. The molecular weight excluding hydrogens is 178 g/mol. The van der Waals surface area contributed by atoms with E-state index in [1.807, 2.05) is 0 Å². The third kappa shape index (κ3) is 1.44. The maximum absolute atomic E-state index is 9.18. The zero-order chi connectivity index (χ0) is 10.2. The molecule has 80 valence electrons. The van der Waals surface area contributed by atoms with Crippen LogP contribution in [-0.2, 0) is 4.74 Å². The Balaban J connectivity index is 1.82. The Morgan fingerprint density at radius 3 is 2.79 bits per heavy atom. The minimum absolute atomic E-state index is 0.000833. The van der Waals surface area contributed by atoms with Gasteiger partial charge in [-0.15, -0.1) is 0 Å². The topological polar surface area (TPSA) is 41.5 Å². The summed E-state index contributed by atoms with van der Waals surface area (Å²) in [5.74, 6) is 0.